The predicted molar refractivity (Wildman–Crippen MR) is 95.3 cm³/mol. The zero-order chi connectivity index (χ0) is 16.8. The van der Waals surface area contributed by atoms with Crippen LogP contribution < -0.4 is 10.6 Å². The highest BCUT2D eigenvalue weighted by molar-refractivity contribution is 9.10. The first-order valence-electron chi connectivity index (χ1n) is 7.39. The Labute approximate surface area is 144 Å². The molecule has 0 aliphatic rings. The fourth-order valence-corrected chi connectivity index (χ4v) is 2.37. The summed E-state index contributed by atoms with van der Waals surface area (Å²) in [6, 6.07) is 15.6. The summed E-state index contributed by atoms with van der Waals surface area (Å²) in [6.07, 6.45) is 0. The lowest BCUT2D eigenvalue weighted by Crippen LogP contribution is -2.47. The van der Waals surface area contributed by atoms with Crippen molar-refractivity contribution in [3.63, 3.8) is 0 Å². The van der Waals surface area contributed by atoms with Crippen molar-refractivity contribution in [1.29, 1.82) is 0 Å². The van der Waals surface area contributed by atoms with Crippen molar-refractivity contribution in [3.05, 3.63) is 64.6 Å². The molecule has 2 N–H and O–H groups in total. The first-order valence-corrected chi connectivity index (χ1v) is 8.19. The molecule has 0 aromatic heterocycles. The van der Waals surface area contributed by atoms with Crippen LogP contribution in [0.5, 0.6) is 0 Å². The monoisotopic (exact) mass is 374 g/mol. The average molecular weight is 375 g/mol. The molecule has 2 aromatic carbocycles. The van der Waals surface area contributed by atoms with Crippen LogP contribution >= 0.6 is 15.9 Å². The molecule has 5 heteroatoms. The van der Waals surface area contributed by atoms with Crippen molar-refractivity contribution in [3.8, 4) is 0 Å². The highest BCUT2D eigenvalue weighted by atomic mass is 79.9. The Hall–Kier alpha value is -2.14. The minimum atomic E-state index is -0.605. The van der Waals surface area contributed by atoms with Crippen LogP contribution in [0.3, 0.4) is 0 Å². The summed E-state index contributed by atoms with van der Waals surface area (Å²) in [6.45, 7) is 3.80. The molecule has 0 saturated carbocycles. The third-order valence-corrected chi connectivity index (χ3v) is 3.91. The number of rotatable bonds is 5. The van der Waals surface area contributed by atoms with Crippen LogP contribution in [0, 0.1) is 5.92 Å². The highest BCUT2D eigenvalue weighted by Crippen LogP contribution is 2.15. The number of hydrogen-bond donors (Lipinski definition) is 2. The molecule has 0 spiro atoms. The van der Waals surface area contributed by atoms with Crippen LogP contribution in [-0.4, -0.2) is 17.9 Å². The summed E-state index contributed by atoms with van der Waals surface area (Å²) in [5, 5.41) is 5.64. The maximum Gasteiger partial charge on any atom is 0.251 e. The number of halogens is 1. The summed E-state index contributed by atoms with van der Waals surface area (Å²) in [7, 11) is 0. The lowest BCUT2D eigenvalue weighted by Gasteiger charge is -2.21. The number of carbonyl (C=O) groups is 2. The van der Waals surface area contributed by atoms with E-state index in [1.54, 1.807) is 36.4 Å². The van der Waals surface area contributed by atoms with Crippen LogP contribution in [0.2, 0.25) is 0 Å². The molecular weight excluding hydrogens is 356 g/mol. The lowest BCUT2D eigenvalue weighted by atomic mass is 10.0. The fraction of sp³-hybridized carbons (Fsp3) is 0.222. The predicted octanol–water partition coefficient (Wildman–Crippen LogP) is 3.84. The summed E-state index contributed by atoms with van der Waals surface area (Å²) in [4.78, 5) is 24.7. The van der Waals surface area contributed by atoms with Gasteiger partial charge in [0.2, 0.25) is 5.91 Å². The van der Waals surface area contributed by atoms with Gasteiger partial charge in [-0.3, -0.25) is 9.59 Å². The Bertz CT molecular complexity index is 669. The van der Waals surface area contributed by atoms with Crippen LogP contribution in [0.15, 0.2) is 59.1 Å². The van der Waals surface area contributed by atoms with E-state index in [-0.39, 0.29) is 17.7 Å². The molecule has 0 bridgehead atoms. The van der Waals surface area contributed by atoms with Gasteiger partial charge in [-0.2, -0.15) is 0 Å². The van der Waals surface area contributed by atoms with Gasteiger partial charge in [0.15, 0.2) is 0 Å². The van der Waals surface area contributed by atoms with E-state index in [9.17, 15) is 9.59 Å². The molecule has 1 atom stereocenters. The van der Waals surface area contributed by atoms with Gasteiger partial charge in [-0.25, -0.2) is 0 Å². The van der Waals surface area contributed by atoms with Crippen molar-refractivity contribution >= 4 is 33.4 Å². The topological polar surface area (TPSA) is 58.2 Å². The molecule has 0 heterocycles. The number of amides is 2. The van der Waals surface area contributed by atoms with Crippen LogP contribution in [0.25, 0.3) is 0 Å². The smallest absolute Gasteiger partial charge is 0.251 e. The van der Waals surface area contributed by atoms with Gasteiger partial charge in [0, 0.05) is 15.7 Å². The van der Waals surface area contributed by atoms with E-state index in [2.05, 4.69) is 26.6 Å². The molecule has 0 fully saturated rings. The normalized spacial score (nSPS) is 11.8. The molecule has 0 saturated heterocycles. The average Bonchev–Trinajstić information content (AvgIpc) is 2.55. The molecule has 120 valence electrons. The molecule has 0 unspecified atom stereocenters. The molecule has 0 radical (unpaired) electrons. The fourth-order valence-electron chi connectivity index (χ4n) is 2.10. The van der Waals surface area contributed by atoms with E-state index in [1.165, 1.54) is 0 Å². The van der Waals surface area contributed by atoms with Gasteiger partial charge in [-0.15, -0.1) is 0 Å². The maximum atomic E-state index is 12.5. The van der Waals surface area contributed by atoms with Crippen LogP contribution in [0.1, 0.15) is 24.2 Å². The standard InChI is InChI=1S/C18H19BrN2O2/c1-12(2)16(21-17(22)13-6-4-3-5-7-13)18(23)20-15-10-8-14(19)9-11-15/h3-12,16H,1-2H3,(H,20,23)(H,21,22)/t16-/m1/s1. The SMILES string of the molecule is CC(C)[C@@H](NC(=O)c1ccccc1)C(=O)Nc1ccc(Br)cc1. The van der Waals surface area contributed by atoms with Crippen LogP contribution in [-0.2, 0) is 4.79 Å². The van der Waals surface area contributed by atoms with Crippen molar-refractivity contribution in [2.45, 2.75) is 19.9 Å². The Kier molecular flexibility index (Phi) is 5.93. The quantitative estimate of drug-likeness (QED) is 0.834. The van der Waals surface area contributed by atoms with Crippen molar-refractivity contribution in [1.82, 2.24) is 5.32 Å². The molecular formula is C18H19BrN2O2. The lowest BCUT2D eigenvalue weighted by molar-refractivity contribution is -0.118. The molecule has 23 heavy (non-hydrogen) atoms. The van der Waals surface area contributed by atoms with Crippen molar-refractivity contribution in [2.24, 2.45) is 5.92 Å². The first kappa shape index (κ1) is 17.2. The Morgan fingerprint density at radius 2 is 1.57 bits per heavy atom. The zero-order valence-electron chi connectivity index (χ0n) is 13.0. The van der Waals surface area contributed by atoms with E-state index >= 15 is 0 Å². The van der Waals surface area contributed by atoms with Gasteiger partial charge < -0.3 is 10.6 Å². The van der Waals surface area contributed by atoms with Gasteiger partial charge in [-0.05, 0) is 42.3 Å². The van der Waals surface area contributed by atoms with Gasteiger partial charge in [-0.1, -0.05) is 48.0 Å². The second-order valence-electron chi connectivity index (χ2n) is 5.56. The summed E-state index contributed by atoms with van der Waals surface area (Å²) in [5.41, 5.74) is 1.23. The zero-order valence-corrected chi connectivity index (χ0v) is 14.6. The largest absolute Gasteiger partial charge is 0.340 e. The summed E-state index contributed by atoms with van der Waals surface area (Å²) < 4.78 is 0.938. The third kappa shape index (κ3) is 4.93. The Morgan fingerprint density at radius 1 is 0.957 bits per heavy atom. The molecule has 0 aliphatic heterocycles. The number of anilines is 1. The minimum Gasteiger partial charge on any atom is -0.340 e. The van der Waals surface area contributed by atoms with Gasteiger partial charge in [0.1, 0.15) is 6.04 Å². The Balaban J connectivity index is 2.07. The van der Waals surface area contributed by atoms with E-state index in [4.69, 9.17) is 0 Å². The van der Waals surface area contributed by atoms with Gasteiger partial charge in [0.05, 0.1) is 0 Å². The number of benzene rings is 2. The second-order valence-corrected chi connectivity index (χ2v) is 6.47. The number of carbonyl (C=O) groups excluding carboxylic acids is 2. The van der Waals surface area contributed by atoms with Gasteiger partial charge in [0.25, 0.3) is 5.91 Å². The first-order chi connectivity index (χ1) is 11.0. The molecule has 2 aromatic rings. The second kappa shape index (κ2) is 7.92. The number of hydrogen-bond acceptors (Lipinski definition) is 2. The van der Waals surface area contributed by atoms with Crippen LogP contribution in [0.4, 0.5) is 5.69 Å². The van der Waals surface area contributed by atoms with Crippen molar-refractivity contribution < 1.29 is 9.59 Å². The van der Waals surface area contributed by atoms with E-state index < -0.39 is 6.04 Å². The van der Waals surface area contributed by atoms with E-state index in [0.717, 1.165) is 4.47 Å². The highest BCUT2D eigenvalue weighted by Gasteiger charge is 2.24. The maximum absolute atomic E-state index is 12.5. The van der Waals surface area contributed by atoms with E-state index in [1.807, 2.05) is 32.0 Å². The molecule has 2 amide bonds. The summed E-state index contributed by atoms with van der Waals surface area (Å²) >= 11 is 3.35. The molecule has 2 rings (SSSR count). The molecule has 0 aliphatic carbocycles. The van der Waals surface area contributed by atoms with Gasteiger partial charge >= 0.3 is 0 Å². The summed E-state index contributed by atoms with van der Waals surface area (Å²) in [5.74, 6) is -0.514. The minimum absolute atomic E-state index is 0.0295. The van der Waals surface area contributed by atoms with E-state index in [0.29, 0.717) is 11.3 Å². The molecule has 4 nitrogen and oxygen atoms in total. The Morgan fingerprint density at radius 3 is 2.13 bits per heavy atom. The third-order valence-electron chi connectivity index (χ3n) is 3.38. The van der Waals surface area contributed by atoms with Crippen molar-refractivity contribution in [2.75, 3.05) is 5.32 Å². The number of nitrogens with one attached hydrogen (secondary N) is 2.